The Morgan fingerprint density at radius 2 is 2.00 bits per heavy atom. The Morgan fingerprint density at radius 1 is 1.21 bits per heavy atom. The van der Waals surface area contributed by atoms with Crippen molar-refractivity contribution < 1.29 is 18.0 Å². The van der Waals surface area contributed by atoms with Gasteiger partial charge < -0.3 is 10.6 Å². The van der Waals surface area contributed by atoms with E-state index in [4.69, 9.17) is 0 Å². The Labute approximate surface area is 163 Å². The molecule has 29 heavy (non-hydrogen) atoms. The van der Waals surface area contributed by atoms with Crippen molar-refractivity contribution in [2.24, 2.45) is 5.92 Å². The van der Waals surface area contributed by atoms with E-state index < -0.39 is 11.7 Å². The zero-order valence-electron chi connectivity index (χ0n) is 15.0. The van der Waals surface area contributed by atoms with Crippen molar-refractivity contribution in [2.75, 3.05) is 11.9 Å². The van der Waals surface area contributed by atoms with Crippen LogP contribution in [0.15, 0.2) is 42.6 Å². The van der Waals surface area contributed by atoms with Crippen LogP contribution in [0.2, 0.25) is 0 Å². The second-order valence-electron chi connectivity index (χ2n) is 6.54. The number of hydrogen-bond donors (Lipinski definition) is 2. The third kappa shape index (κ3) is 4.18. The first kappa shape index (κ1) is 18.8. The number of benzene rings is 1. The lowest BCUT2D eigenvalue weighted by Crippen LogP contribution is -2.23. The minimum atomic E-state index is -4.40. The number of alkyl halides is 3. The summed E-state index contributed by atoms with van der Waals surface area (Å²) in [6, 6.07) is 8.05. The Bertz CT molecular complexity index is 1020. The Morgan fingerprint density at radius 3 is 2.69 bits per heavy atom. The van der Waals surface area contributed by atoms with Gasteiger partial charge in [0.2, 0.25) is 11.7 Å². The number of amides is 1. The van der Waals surface area contributed by atoms with E-state index in [9.17, 15) is 18.0 Å². The highest BCUT2D eigenvalue weighted by Crippen LogP contribution is 2.31. The SMILES string of the molecule is O=C1NCC[C@H]1Cn1nnc(-c2cccnc2Nc2ccc(C(F)(F)F)cc2)n1. The molecule has 3 aromatic rings. The fourth-order valence-corrected chi connectivity index (χ4v) is 3.01. The molecule has 8 nitrogen and oxygen atoms in total. The first-order valence-electron chi connectivity index (χ1n) is 8.85. The summed E-state index contributed by atoms with van der Waals surface area (Å²) in [4.78, 5) is 17.3. The minimum Gasteiger partial charge on any atom is -0.356 e. The van der Waals surface area contributed by atoms with Crippen molar-refractivity contribution in [2.45, 2.75) is 19.1 Å². The number of tetrazole rings is 1. The van der Waals surface area contributed by atoms with Crippen molar-refractivity contribution in [1.82, 2.24) is 30.5 Å². The van der Waals surface area contributed by atoms with Crippen LogP contribution in [0.5, 0.6) is 0 Å². The number of anilines is 2. The van der Waals surface area contributed by atoms with Gasteiger partial charge in [0.05, 0.1) is 23.6 Å². The highest BCUT2D eigenvalue weighted by atomic mass is 19.4. The van der Waals surface area contributed by atoms with Crippen LogP contribution in [0.4, 0.5) is 24.7 Å². The summed E-state index contributed by atoms with van der Waals surface area (Å²) in [5, 5.41) is 18.1. The molecule has 2 aromatic heterocycles. The van der Waals surface area contributed by atoms with E-state index in [-0.39, 0.29) is 11.8 Å². The molecule has 0 saturated carbocycles. The van der Waals surface area contributed by atoms with Gasteiger partial charge in [-0.05, 0) is 48.0 Å². The molecule has 3 heterocycles. The maximum Gasteiger partial charge on any atom is 0.416 e. The highest BCUT2D eigenvalue weighted by Gasteiger charge is 2.30. The zero-order chi connectivity index (χ0) is 20.4. The number of hydrogen-bond acceptors (Lipinski definition) is 6. The number of carbonyl (C=O) groups is 1. The highest BCUT2D eigenvalue weighted by molar-refractivity contribution is 5.80. The molecule has 4 rings (SSSR count). The molecule has 0 bridgehead atoms. The van der Waals surface area contributed by atoms with Gasteiger partial charge in [-0.15, -0.1) is 10.2 Å². The van der Waals surface area contributed by atoms with Crippen LogP contribution in [0.25, 0.3) is 11.4 Å². The van der Waals surface area contributed by atoms with Crippen LogP contribution in [-0.4, -0.2) is 37.6 Å². The third-order valence-electron chi connectivity index (χ3n) is 4.52. The summed E-state index contributed by atoms with van der Waals surface area (Å²) < 4.78 is 38.2. The van der Waals surface area contributed by atoms with Crippen molar-refractivity contribution in [3.8, 4) is 11.4 Å². The van der Waals surface area contributed by atoms with Crippen LogP contribution >= 0.6 is 0 Å². The number of carbonyl (C=O) groups excluding carboxylic acids is 1. The monoisotopic (exact) mass is 403 g/mol. The average Bonchev–Trinajstić information content (AvgIpc) is 3.32. The summed E-state index contributed by atoms with van der Waals surface area (Å²) in [6.07, 6.45) is -2.14. The van der Waals surface area contributed by atoms with E-state index in [1.54, 1.807) is 18.3 Å². The predicted molar refractivity (Wildman–Crippen MR) is 96.9 cm³/mol. The number of rotatable bonds is 5. The van der Waals surface area contributed by atoms with E-state index in [0.29, 0.717) is 42.4 Å². The van der Waals surface area contributed by atoms with Crippen molar-refractivity contribution in [3.63, 3.8) is 0 Å². The lowest BCUT2D eigenvalue weighted by atomic mass is 10.1. The number of pyridine rings is 1. The van der Waals surface area contributed by atoms with E-state index in [1.807, 2.05) is 0 Å². The minimum absolute atomic E-state index is 0.0325. The average molecular weight is 403 g/mol. The fourth-order valence-electron chi connectivity index (χ4n) is 3.01. The van der Waals surface area contributed by atoms with E-state index in [2.05, 4.69) is 31.0 Å². The lowest BCUT2D eigenvalue weighted by molar-refractivity contribution is -0.137. The molecular formula is C18H16F3N7O. The number of halogens is 3. The Hall–Kier alpha value is -3.50. The summed E-state index contributed by atoms with van der Waals surface area (Å²) in [7, 11) is 0. The fraction of sp³-hybridized carbons (Fsp3) is 0.278. The summed E-state index contributed by atoms with van der Waals surface area (Å²) in [5.41, 5.74) is 0.243. The molecular weight excluding hydrogens is 387 g/mol. The number of nitrogens with zero attached hydrogens (tertiary/aromatic N) is 5. The largest absolute Gasteiger partial charge is 0.416 e. The maximum absolute atomic E-state index is 12.7. The first-order chi connectivity index (χ1) is 13.9. The third-order valence-corrected chi connectivity index (χ3v) is 4.52. The van der Waals surface area contributed by atoms with Crippen LogP contribution < -0.4 is 10.6 Å². The second-order valence-corrected chi connectivity index (χ2v) is 6.54. The van der Waals surface area contributed by atoms with Gasteiger partial charge in [0.15, 0.2) is 0 Å². The standard InChI is InChI=1S/C18H16F3N7O/c19-18(20,21)12-3-5-13(6-4-12)24-15-14(2-1-8-22-15)16-25-27-28(26-16)10-11-7-9-23-17(11)29/h1-6,8,11H,7,9-10H2,(H,22,24)(H,23,29)/t11-/m0/s1. The van der Waals surface area contributed by atoms with Gasteiger partial charge in [-0.2, -0.15) is 18.0 Å². The van der Waals surface area contributed by atoms with Gasteiger partial charge in [0, 0.05) is 18.4 Å². The normalized spacial score (nSPS) is 16.7. The molecule has 1 amide bonds. The Balaban J connectivity index is 1.53. The molecule has 1 saturated heterocycles. The van der Waals surface area contributed by atoms with Gasteiger partial charge in [0.25, 0.3) is 0 Å². The molecule has 1 aromatic carbocycles. The van der Waals surface area contributed by atoms with E-state index >= 15 is 0 Å². The van der Waals surface area contributed by atoms with Crippen LogP contribution in [-0.2, 0) is 17.5 Å². The molecule has 11 heteroatoms. The van der Waals surface area contributed by atoms with Crippen molar-refractivity contribution >= 4 is 17.4 Å². The molecule has 1 aliphatic rings. The smallest absolute Gasteiger partial charge is 0.356 e. The van der Waals surface area contributed by atoms with E-state index in [1.165, 1.54) is 16.9 Å². The molecule has 2 N–H and O–H groups in total. The zero-order valence-corrected chi connectivity index (χ0v) is 15.0. The molecule has 0 radical (unpaired) electrons. The molecule has 1 fully saturated rings. The maximum atomic E-state index is 12.7. The Kier molecular flexibility index (Phi) is 4.87. The summed E-state index contributed by atoms with van der Waals surface area (Å²) in [5.74, 6) is 0.446. The van der Waals surface area contributed by atoms with E-state index in [0.717, 1.165) is 12.1 Å². The van der Waals surface area contributed by atoms with Crippen LogP contribution in [0.1, 0.15) is 12.0 Å². The van der Waals surface area contributed by atoms with Crippen LogP contribution in [0.3, 0.4) is 0 Å². The molecule has 150 valence electrons. The lowest BCUT2D eigenvalue weighted by Gasteiger charge is -2.10. The molecule has 0 aliphatic carbocycles. The van der Waals surface area contributed by atoms with Crippen molar-refractivity contribution in [3.05, 3.63) is 48.2 Å². The van der Waals surface area contributed by atoms with Gasteiger partial charge >= 0.3 is 6.18 Å². The van der Waals surface area contributed by atoms with Crippen molar-refractivity contribution in [1.29, 1.82) is 0 Å². The van der Waals surface area contributed by atoms with Gasteiger partial charge in [-0.3, -0.25) is 4.79 Å². The molecule has 1 aliphatic heterocycles. The molecule has 0 unspecified atom stereocenters. The first-order valence-corrected chi connectivity index (χ1v) is 8.85. The topological polar surface area (TPSA) is 97.6 Å². The van der Waals surface area contributed by atoms with Crippen LogP contribution in [0, 0.1) is 5.92 Å². The van der Waals surface area contributed by atoms with Gasteiger partial charge in [-0.1, -0.05) is 0 Å². The van der Waals surface area contributed by atoms with Gasteiger partial charge in [0.1, 0.15) is 5.82 Å². The quantitative estimate of drug-likeness (QED) is 0.680. The number of nitrogens with one attached hydrogen (secondary N) is 2. The summed E-state index contributed by atoms with van der Waals surface area (Å²) in [6.45, 7) is 0.954. The van der Waals surface area contributed by atoms with Gasteiger partial charge in [-0.25, -0.2) is 4.98 Å². The summed E-state index contributed by atoms with van der Waals surface area (Å²) >= 11 is 0. The second kappa shape index (κ2) is 7.49. The number of aromatic nitrogens is 5. The molecule has 1 atom stereocenters. The molecule has 0 spiro atoms. The predicted octanol–water partition coefficient (Wildman–Crippen LogP) is 2.63.